The van der Waals surface area contributed by atoms with Crippen LogP contribution in [0.15, 0.2) is 23.1 Å². The van der Waals surface area contributed by atoms with Crippen molar-refractivity contribution >= 4 is 39.0 Å². The van der Waals surface area contributed by atoms with Gasteiger partial charge in [0.2, 0.25) is 11.8 Å². The Morgan fingerprint density at radius 2 is 1.45 bits per heavy atom. The van der Waals surface area contributed by atoms with Crippen molar-refractivity contribution in [1.82, 2.24) is 28.9 Å². The average molecular weight is 595 g/mol. The number of carbonyl (C=O) groups is 2. The van der Waals surface area contributed by atoms with Crippen molar-refractivity contribution in [3.8, 4) is 17.3 Å². The van der Waals surface area contributed by atoms with Crippen molar-refractivity contribution in [1.29, 1.82) is 0 Å². The number of aromatic nitrogens is 6. The Kier molecular flexibility index (Phi) is 9.50. The molecular weight excluding hydrogens is 563 g/mol. The second kappa shape index (κ2) is 11.8. The van der Waals surface area contributed by atoms with Gasteiger partial charge >= 0.3 is 51.4 Å². The zero-order chi connectivity index (χ0) is 29.0. The van der Waals surface area contributed by atoms with Gasteiger partial charge in [-0.05, 0) is 39.0 Å². The maximum atomic E-state index is 12.8. The maximum absolute atomic E-state index is 12.8. The monoisotopic (exact) mass is 594 g/mol. The summed E-state index contributed by atoms with van der Waals surface area (Å²) in [6.07, 6.45) is 0. The van der Waals surface area contributed by atoms with Crippen molar-refractivity contribution in [2.45, 2.75) is 53.4 Å². The molecular formula is C25H31KN8O5S. The van der Waals surface area contributed by atoms with Gasteiger partial charge in [0.05, 0.1) is 33.2 Å². The number of rotatable bonds is 7. The first-order chi connectivity index (χ1) is 18.1. The van der Waals surface area contributed by atoms with Crippen molar-refractivity contribution in [2.24, 2.45) is 18.9 Å². The van der Waals surface area contributed by atoms with Crippen LogP contribution in [0.1, 0.15) is 44.8 Å². The van der Waals surface area contributed by atoms with Crippen molar-refractivity contribution in [3.63, 3.8) is 0 Å². The van der Waals surface area contributed by atoms with Crippen LogP contribution < -0.4 is 62.0 Å². The molecule has 2 amide bonds. The molecule has 0 fully saturated rings. The predicted octanol–water partition coefficient (Wildman–Crippen LogP) is -0.0571. The second-order valence-corrected chi connectivity index (χ2v) is 11.5. The number of aryl methyl sites for hydroxylation is 4. The second-order valence-electron chi connectivity index (χ2n) is 10.1. The molecule has 4 aromatic rings. The van der Waals surface area contributed by atoms with E-state index in [1.807, 2.05) is 26.8 Å². The SMILES string of the molecule is Cc1cc(C)n(-c2nc(C)c3n(C)c(-c4c(NC(=O)C(C)C)cc(S(=O)(=O)[O-])cc4NC(=O)C(C)C)nn23)n1.[K+]. The summed E-state index contributed by atoms with van der Waals surface area (Å²) in [5, 5.41) is 14.7. The molecule has 0 aliphatic rings. The molecule has 2 N–H and O–H groups in total. The number of fused-ring (bicyclic) bond motifs is 1. The van der Waals surface area contributed by atoms with E-state index in [0.717, 1.165) is 23.5 Å². The van der Waals surface area contributed by atoms with Gasteiger partial charge in [-0.3, -0.25) is 9.59 Å². The summed E-state index contributed by atoms with van der Waals surface area (Å²) < 4.78 is 41.1. The predicted molar refractivity (Wildman–Crippen MR) is 144 cm³/mol. The van der Waals surface area contributed by atoms with Crippen LogP contribution in [0.2, 0.25) is 0 Å². The van der Waals surface area contributed by atoms with Crippen LogP contribution in [0.25, 0.3) is 23.0 Å². The largest absolute Gasteiger partial charge is 1.00 e. The van der Waals surface area contributed by atoms with E-state index >= 15 is 0 Å². The Balaban J connectivity index is 0.00000441. The first-order valence-corrected chi connectivity index (χ1v) is 13.7. The van der Waals surface area contributed by atoms with Gasteiger partial charge in [-0.15, -0.1) is 5.10 Å². The number of hydrogen-bond acceptors (Lipinski definition) is 8. The Labute approximate surface area is 274 Å². The summed E-state index contributed by atoms with van der Waals surface area (Å²) in [5.74, 6) is -1.04. The van der Waals surface area contributed by atoms with Gasteiger partial charge in [0, 0.05) is 24.6 Å². The van der Waals surface area contributed by atoms with Gasteiger partial charge in [-0.25, -0.2) is 18.1 Å². The fourth-order valence-corrected chi connectivity index (χ4v) is 4.70. The van der Waals surface area contributed by atoms with Gasteiger partial charge < -0.3 is 19.8 Å². The van der Waals surface area contributed by atoms with E-state index in [9.17, 15) is 22.6 Å². The number of nitrogens with one attached hydrogen (secondary N) is 2. The smallest absolute Gasteiger partial charge is 0.744 e. The molecule has 3 aromatic heterocycles. The van der Waals surface area contributed by atoms with Crippen LogP contribution >= 0.6 is 0 Å². The van der Waals surface area contributed by atoms with Gasteiger partial charge in [0.1, 0.15) is 10.1 Å². The zero-order valence-corrected chi connectivity index (χ0v) is 28.0. The van der Waals surface area contributed by atoms with Gasteiger partial charge in [0.15, 0.2) is 11.5 Å². The first-order valence-electron chi connectivity index (χ1n) is 12.3. The fraction of sp³-hybridized carbons (Fsp3) is 0.400. The zero-order valence-electron chi connectivity index (χ0n) is 24.0. The van der Waals surface area contributed by atoms with Gasteiger partial charge in [-0.2, -0.15) is 9.61 Å². The number of hydrogen-bond donors (Lipinski definition) is 2. The van der Waals surface area contributed by atoms with E-state index < -0.39 is 38.7 Å². The molecule has 0 spiro atoms. The molecule has 0 bridgehead atoms. The van der Waals surface area contributed by atoms with Crippen molar-refractivity contribution in [3.05, 3.63) is 35.3 Å². The topological polar surface area (TPSA) is 168 Å². The van der Waals surface area contributed by atoms with Crippen LogP contribution in [0.4, 0.5) is 11.4 Å². The van der Waals surface area contributed by atoms with Gasteiger partial charge in [-0.1, -0.05) is 27.7 Å². The molecule has 0 aliphatic heterocycles. The molecule has 0 radical (unpaired) electrons. The quantitative estimate of drug-likeness (QED) is 0.222. The Hall–Kier alpha value is -2.40. The number of nitrogens with zero attached hydrogens (tertiary/aromatic N) is 6. The van der Waals surface area contributed by atoms with Crippen LogP contribution in [0.5, 0.6) is 0 Å². The Morgan fingerprint density at radius 3 is 1.88 bits per heavy atom. The van der Waals surface area contributed by atoms with E-state index in [1.54, 1.807) is 48.5 Å². The third kappa shape index (κ3) is 6.10. The summed E-state index contributed by atoms with van der Waals surface area (Å²) in [6.45, 7) is 12.3. The molecule has 40 heavy (non-hydrogen) atoms. The summed E-state index contributed by atoms with van der Waals surface area (Å²) in [7, 11) is -3.21. The molecule has 0 saturated carbocycles. The standard InChI is InChI=1S/C25H32N8O5S.K/c1-12(2)22(34)27-18-10-17(39(36,37)38)11-19(28-23(35)13(3)4)20(18)21-30-33-24(31(21)8)16(7)26-25(33)32-15(6)9-14(5)29-32;/h9-13H,1-8H3,(H,27,34)(H,28,35)(H,36,37,38);/q;+1/p-1. The summed E-state index contributed by atoms with van der Waals surface area (Å²) in [5.41, 5.74) is 3.14. The normalized spacial score (nSPS) is 11.8. The Morgan fingerprint density at radius 1 is 0.925 bits per heavy atom. The molecule has 13 nitrogen and oxygen atoms in total. The summed E-state index contributed by atoms with van der Waals surface area (Å²) >= 11 is 0. The number of carbonyl (C=O) groups excluding carboxylic acids is 2. The molecule has 0 atom stereocenters. The maximum Gasteiger partial charge on any atom is 1.00 e. The Bertz CT molecular complexity index is 1690. The third-order valence-electron chi connectivity index (χ3n) is 6.20. The first kappa shape index (κ1) is 32.1. The number of amides is 2. The van der Waals surface area contributed by atoms with Crippen molar-refractivity contribution < 1.29 is 73.9 Å². The molecule has 0 aliphatic carbocycles. The summed E-state index contributed by atoms with van der Waals surface area (Å²) in [6, 6.07) is 4.07. The molecule has 4 rings (SSSR count). The number of benzene rings is 1. The van der Waals surface area contributed by atoms with E-state index in [0.29, 0.717) is 17.3 Å². The number of imidazole rings is 1. The minimum atomic E-state index is -4.94. The van der Waals surface area contributed by atoms with Crippen LogP contribution in [0.3, 0.4) is 0 Å². The van der Waals surface area contributed by atoms with E-state index in [1.165, 1.54) is 0 Å². The van der Waals surface area contributed by atoms with Crippen molar-refractivity contribution in [2.75, 3.05) is 10.6 Å². The fourth-order valence-electron chi connectivity index (χ4n) is 4.17. The molecule has 1 aromatic carbocycles. The van der Waals surface area contributed by atoms with E-state index in [4.69, 9.17) is 5.10 Å². The molecule has 3 heterocycles. The average Bonchev–Trinajstić information content (AvgIpc) is 3.45. The van der Waals surface area contributed by atoms with E-state index in [2.05, 4.69) is 20.7 Å². The molecule has 0 unspecified atom stereocenters. The minimum absolute atomic E-state index is 0. The summed E-state index contributed by atoms with van der Waals surface area (Å²) in [4.78, 5) is 29.6. The third-order valence-corrected chi connectivity index (χ3v) is 7.01. The minimum Gasteiger partial charge on any atom is -0.744 e. The molecule has 208 valence electrons. The van der Waals surface area contributed by atoms with Gasteiger partial charge in [0.25, 0.3) is 5.95 Å². The van der Waals surface area contributed by atoms with Crippen LogP contribution in [0, 0.1) is 32.6 Å². The van der Waals surface area contributed by atoms with Crippen LogP contribution in [-0.2, 0) is 26.8 Å². The van der Waals surface area contributed by atoms with Crippen LogP contribution in [-0.4, -0.2) is 53.7 Å². The molecule has 0 saturated heterocycles. The van der Waals surface area contributed by atoms with E-state index in [-0.39, 0.29) is 74.1 Å². The molecule has 15 heteroatoms. The number of anilines is 2.